The number of thiophene rings is 1. The van der Waals surface area contributed by atoms with Gasteiger partial charge in [-0.2, -0.15) is 9.90 Å². The van der Waals surface area contributed by atoms with Crippen LogP contribution < -0.4 is 0 Å². The van der Waals surface area contributed by atoms with Gasteiger partial charge < -0.3 is 0 Å². The lowest BCUT2D eigenvalue weighted by Gasteiger charge is -1.97. The summed E-state index contributed by atoms with van der Waals surface area (Å²) < 4.78 is 0. The predicted molar refractivity (Wildman–Crippen MR) is 83.1 cm³/mol. The quantitative estimate of drug-likeness (QED) is 0.679. The number of hydrogen-bond acceptors (Lipinski definition) is 4. The topological polar surface area (TPSA) is 47.8 Å². The monoisotopic (exact) mass is 297 g/mol. The van der Waals surface area contributed by atoms with Crippen molar-refractivity contribution in [3.63, 3.8) is 0 Å². The van der Waals surface area contributed by atoms with Crippen molar-refractivity contribution in [2.75, 3.05) is 0 Å². The van der Waals surface area contributed by atoms with E-state index in [1.54, 1.807) is 11.3 Å². The molecule has 0 aliphatic carbocycles. The van der Waals surface area contributed by atoms with Gasteiger partial charge in [-0.15, -0.1) is 16.4 Å². The second-order valence-corrected chi connectivity index (χ2v) is 5.93. The van der Waals surface area contributed by atoms with Crippen LogP contribution in [0.2, 0.25) is 0 Å². The molecule has 0 fully saturated rings. The molecule has 0 saturated heterocycles. The second-order valence-electron chi connectivity index (χ2n) is 4.68. The molecule has 4 nitrogen and oxygen atoms in total. The van der Waals surface area contributed by atoms with Gasteiger partial charge in [0.25, 0.3) is 0 Å². The van der Waals surface area contributed by atoms with Crippen LogP contribution in [0, 0.1) is 0 Å². The highest BCUT2D eigenvalue weighted by Gasteiger charge is 2.13. The summed E-state index contributed by atoms with van der Waals surface area (Å²) >= 11 is 1.68. The van der Waals surface area contributed by atoms with Gasteiger partial charge in [0.05, 0.1) is 11.9 Å². The van der Waals surface area contributed by atoms with Gasteiger partial charge in [-0.05, 0) is 30.7 Å². The molecule has 0 aliphatic heterocycles. The second kappa shape index (κ2) is 6.01. The maximum absolute atomic E-state index is 12.2. The van der Waals surface area contributed by atoms with E-state index in [0.717, 1.165) is 17.0 Å². The van der Waals surface area contributed by atoms with Crippen molar-refractivity contribution in [2.24, 2.45) is 0 Å². The lowest BCUT2D eigenvalue weighted by atomic mass is 10.2. The van der Waals surface area contributed by atoms with Crippen molar-refractivity contribution in [2.45, 2.75) is 19.8 Å². The summed E-state index contributed by atoms with van der Waals surface area (Å²) in [7, 11) is 0. The van der Waals surface area contributed by atoms with Gasteiger partial charge in [0.2, 0.25) is 0 Å². The molecule has 3 aromatic rings. The highest BCUT2D eigenvalue weighted by atomic mass is 32.1. The minimum absolute atomic E-state index is 0.00156. The van der Waals surface area contributed by atoms with Crippen molar-refractivity contribution >= 4 is 17.1 Å². The Kier molecular flexibility index (Phi) is 3.92. The Hall–Kier alpha value is -2.27. The number of para-hydroxylation sites is 1. The van der Waals surface area contributed by atoms with Crippen LogP contribution in [0.5, 0.6) is 0 Å². The molecule has 0 aliphatic rings. The molecule has 0 amide bonds. The Morgan fingerprint density at radius 3 is 2.62 bits per heavy atom. The van der Waals surface area contributed by atoms with E-state index in [4.69, 9.17) is 0 Å². The van der Waals surface area contributed by atoms with Gasteiger partial charge in [0, 0.05) is 16.2 Å². The molecule has 0 spiro atoms. The fourth-order valence-electron chi connectivity index (χ4n) is 2.03. The Bertz CT molecular complexity index is 746. The number of Topliss-reactive ketones (excluding diaryl/α,β-unsaturated/α-hetero) is 1. The van der Waals surface area contributed by atoms with Crippen LogP contribution in [-0.2, 0) is 12.8 Å². The van der Waals surface area contributed by atoms with Crippen molar-refractivity contribution < 1.29 is 4.79 Å². The fraction of sp³-hybridized carbons (Fsp3) is 0.188. The molecular formula is C16H15N3OS. The normalized spacial score (nSPS) is 10.7. The van der Waals surface area contributed by atoms with Crippen molar-refractivity contribution in [3.8, 4) is 5.69 Å². The van der Waals surface area contributed by atoms with E-state index >= 15 is 0 Å². The van der Waals surface area contributed by atoms with Crippen molar-refractivity contribution in [3.05, 3.63) is 64.1 Å². The molecule has 0 unspecified atom stereocenters. The highest BCUT2D eigenvalue weighted by Crippen LogP contribution is 2.18. The SMILES string of the molecule is CCc1ccc(CC(=O)c2cnn(-c3ccccc3)n2)s1. The molecule has 1 aromatic carbocycles. The summed E-state index contributed by atoms with van der Waals surface area (Å²) in [6.07, 6.45) is 2.92. The molecule has 0 bridgehead atoms. The zero-order chi connectivity index (χ0) is 14.7. The van der Waals surface area contributed by atoms with Crippen molar-refractivity contribution in [1.29, 1.82) is 0 Å². The van der Waals surface area contributed by atoms with Crippen LogP contribution in [0.1, 0.15) is 27.2 Å². The Morgan fingerprint density at radius 1 is 1.14 bits per heavy atom. The number of ketones is 1. The number of rotatable bonds is 5. The lowest BCUT2D eigenvalue weighted by molar-refractivity contribution is 0.0988. The lowest BCUT2D eigenvalue weighted by Crippen LogP contribution is -2.05. The van der Waals surface area contributed by atoms with Gasteiger partial charge in [-0.3, -0.25) is 4.79 Å². The average Bonchev–Trinajstić information content (AvgIpc) is 3.17. The van der Waals surface area contributed by atoms with Crippen molar-refractivity contribution in [1.82, 2.24) is 15.0 Å². The number of hydrogen-bond donors (Lipinski definition) is 0. The molecule has 2 heterocycles. The number of benzene rings is 1. The van der Waals surface area contributed by atoms with Crippen LogP contribution in [-0.4, -0.2) is 20.8 Å². The Labute approximate surface area is 127 Å². The van der Waals surface area contributed by atoms with E-state index in [0.29, 0.717) is 12.1 Å². The van der Waals surface area contributed by atoms with Crippen LogP contribution >= 0.6 is 11.3 Å². The third-order valence-electron chi connectivity index (χ3n) is 3.17. The summed E-state index contributed by atoms with van der Waals surface area (Å²) in [5, 5.41) is 8.42. The maximum Gasteiger partial charge on any atom is 0.189 e. The number of nitrogens with zero attached hydrogens (tertiary/aromatic N) is 3. The zero-order valence-electron chi connectivity index (χ0n) is 11.7. The summed E-state index contributed by atoms with van der Waals surface area (Å²) in [5.74, 6) is 0.00156. The van der Waals surface area contributed by atoms with Gasteiger partial charge in [-0.1, -0.05) is 25.1 Å². The maximum atomic E-state index is 12.2. The molecule has 21 heavy (non-hydrogen) atoms. The van der Waals surface area contributed by atoms with Gasteiger partial charge >= 0.3 is 0 Å². The van der Waals surface area contributed by atoms with Crippen LogP contribution in [0.25, 0.3) is 5.69 Å². The average molecular weight is 297 g/mol. The first-order valence-corrected chi connectivity index (χ1v) is 7.66. The van der Waals surface area contributed by atoms with E-state index in [2.05, 4.69) is 23.2 Å². The third-order valence-corrected chi connectivity index (χ3v) is 4.39. The van der Waals surface area contributed by atoms with E-state index in [1.807, 2.05) is 36.4 Å². The van der Waals surface area contributed by atoms with Gasteiger partial charge in [-0.25, -0.2) is 0 Å². The van der Waals surface area contributed by atoms with Crippen LogP contribution in [0.4, 0.5) is 0 Å². The molecule has 5 heteroatoms. The molecule has 106 valence electrons. The van der Waals surface area contributed by atoms with Crippen LogP contribution in [0.3, 0.4) is 0 Å². The first-order valence-electron chi connectivity index (χ1n) is 6.85. The minimum atomic E-state index is 0.00156. The molecule has 2 aromatic heterocycles. The van der Waals surface area contributed by atoms with E-state index in [9.17, 15) is 4.79 Å². The summed E-state index contributed by atoms with van der Waals surface area (Å²) in [6.45, 7) is 2.11. The fourth-order valence-corrected chi connectivity index (χ4v) is 2.99. The molecule has 0 atom stereocenters. The molecule has 0 radical (unpaired) electrons. The largest absolute Gasteiger partial charge is 0.292 e. The van der Waals surface area contributed by atoms with Gasteiger partial charge in [0.1, 0.15) is 5.69 Å². The summed E-state index contributed by atoms with van der Waals surface area (Å²) in [6, 6.07) is 13.7. The number of carbonyl (C=O) groups is 1. The Morgan fingerprint density at radius 2 is 1.90 bits per heavy atom. The minimum Gasteiger partial charge on any atom is -0.292 e. The number of aryl methyl sites for hydroxylation is 1. The summed E-state index contributed by atoms with van der Waals surface area (Å²) in [5.41, 5.74) is 1.26. The van der Waals surface area contributed by atoms with E-state index < -0.39 is 0 Å². The highest BCUT2D eigenvalue weighted by molar-refractivity contribution is 7.12. The van der Waals surface area contributed by atoms with E-state index in [1.165, 1.54) is 15.9 Å². The first kappa shape index (κ1) is 13.7. The third kappa shape index (κ3) is 3.08. The summed E-state index contributed by atoms with van der Waals surface area (Å²) in [4.78, 5) is 16.1. The van der Waals surface area contributed by atoms with E-state index in [-0.39, 0.29) is 5.78 Å². The molecular weight excluding hydrogens is 282 g/mol. The predicted octanol–water partition coefficient (Wildman–Crippen LogP) is 3.32. The standard InChI is InChI=1S/C16H15N3OS/c1-2-13-8-9-14(21-13)10-16(20)15-11-17-19(18-15)12-6-4-3-5-7-12/h3-9,11H,2,10H2,1H3. The number of aromatic nitrogens is 3. The molecule has 0 saturated carbocycles. The Balaban J connectivity index is 1.75. The smallest absolute Gasteiger partial charge is 0.189 e. The number of carbonyl (C=O) groups excluding carboxylic acids is 1. The van der Waals surface area contributed by atoms with Gasteiger partial charge in [0.15, 0.2) is 5.78 Å². The zero-order valence-corrected chi connectivity index (χ0v) is 12.5. The molecule has 3 rings (SSSR count). The molecule has 0 N–H and O–H groups in total. The van der Waals surface area contributed by atoms with Crippen LogP contribution in [0.15, 0.2) is 48.7 Å². The first-order chi connectivity index (χ1) is 10.3.